The zero-order valence-electron chi connectivity index (χ0n) is 13.4. The number of nitrogens with zero attached hydrogens (tertiary/aromatic N) is 2. The molecule has 1 aliphatic rings. The molecular weight excluding hydrogens is 341 g/mol. The number of amides is 1. The summed E-state index contributed by atoms with van der Waals surface area (Å²) in [5.74, 6) is -0.387. The summed E-state index contributed by atoms with van der Waals surface area (Å²) in [5, 5.41) is 15.6. The monoisotopic (exact) mass is 359 g/mol. The number of rotatable bonds is 5. The smallest absolute Gasteiger partial charge is 0.429 e. The summed E-state index contributed by atoms with van der Waals surface area (Å²) in [6.07, 6.45) is -0.00971. The number of hydrogen-bond donors (Lipinski definition) is 2. The van der Waals surface area contributed by atoms with E-state index in [-0.39, 0.29) is 5.82 Å². The van der Waals surface area contributed by atoms with Crippen LogP contribution in [-0.4, -0.2) is 27.8 Å². The van der Waals surface area contributed by atoms with Gasteiger partial charge in [0.15, 0.2) is 0 Å². The molecule has 1 heterocycles. The van der Waals surface area contributed by atoms with E-state index in [1.807, 2.05) is 30.3 Å². The van der Waals surface area contributed by atoms with Gasteiger partial charge in [-0.1, -0.05) is 54.2 Å². The van der Waals surface area contributed by atoms with E-state index >= 15 is 0 Å². The molecule has 0 spiro atoms. The molecule has 1 atom stereocenters. The Hall–Kier alpha value is -2.38. The number of carboxylic acid groups (broad SMARTS) is 1. The van der Waals surface area contributed by atoms with E-state index in [0.717, 1.165) is 10.6 Å². The largest absolute Gasteiger partial charge is 0.464 e. The van der Waals surface area contributed by atoms with Gasteiger partial charge in [0.2, 0.25) is 0 Å². The standard InChI is InChI=1S/C18H18FN3O2S/c19-15-9-4-6-13(12-15)16-21-22(17(23)24)18(25-16,10-5-11-20)14-7-2-1-3-8-14/h1-4,6-9,12H,5,10-11,20H2,(H,23,24). The van der Waals surface area contributed by atoms with Crippen LogP contribution in [0.4, 0.5) is 9.18 Å². The summed E-state index contributed by atoms with van der Waals surface area (Å²) < 4.78 is 13.6. The highest BCUT2D eigenvalue weighted by Gasteiger charge is 2.48. The molecule has 3 rings (SSSR count). The van der Waals surface area contributed by atoms with Gasteiger partial charge in [-0.25, -0.2) is 9.18 Å². The lowest BCUT2D eigenvalue weighted by Crippen LogP contribution is -2.41. The second-order valence-electron chi connectivity index (χ2n) is 5.65. The lowest BCUT2D eigenvalue weighted by atomic mass is 10.0. The van der Waals surface area contributed by atoms with Crippen LogP contribution in [0.1, 0.15) is 24.0 Å². The third-order valence-corrected chi connectivity index (χ3v) is 5.46. The minimum Gasteiger partial charge on any atom is -0.464 e. The summed E-state index contributed by atoms with van der Waals surface area (Å²) in [6.45, 7) is 0.442. The van der Waals surface area contributed by atoms with Gasteiger partial charge in [-0.3, -0.25) is 0 Å². The van der Waals surface area contributed by atoms with Crippen molar-refractivity contribution in [2.75, 3.05) is 6.54 Å². The Morgan fingerprint density at radius 1 is 1.24 bits per heavy atom. The van der Waals surface area contributed by atoms with E-state index in [0.29, 0.717) is 30.0 Å². The van der Waals surface area contributed by atoms with E-state index in [1.54, 1.807) is 12.1 Å². The minimum atomic E-state index is -1.15. The fourth-order valence-electron chi connectivity index (χ4n) is 2.85. The van der Waals surface area contributed by atoms with Crippen molar-refractivity contribution >= 4 is 22.9 Å². The van der Waals surface area contributed by atoms with Gasteiger partial charge in [0.05, 0.1) is 0 Å². The van der Waals surface area contributed by atoms with Crippen LogP contribution in [0.15, 0.2) is 59.7 Å². The molecule has 1 amide bonds. The second kappa shape index (κ2) is 7.25. The van der Waals surface area contributed by atoms with Crippen molar-refractivity contribution in [1.82, 2.24) is 5.01 Å². The molecule has 1 aliphatic heterocycles. The van der Waals surface area contributed by atoms with E-state index in [2.05, 4.69) is 5.10 Å². The summed E-state index contributed by atoms with van der Waals surface area (Å²) in [4.78, 5) is 11.0. The normalized spacial score (nSPS) is 19.8. The number of nitrogens with two attached hydrogens (primary N) is 1. The zero-order valence-corrected chi connectivity index (χ0v) is 14.2. The fraction of sp³-hybridized carbons (Fsp3) is 0.222. The van der Waals surface area contributed by atoms with Crippen LogP contribution >= 0.6 is 11.8 Å². The molecule has 25 heavy (non-hydrogen) atoms. The summed E-state index contributed by atoms with van der Waals surface area (Å²) in [6, 6.07) is 15.4. The maximum absolute atomic E-state index is 13.6. The molecule has 2 aromatic carbocycles. The van der Waals surface area contributed by atoms with Gasteiger partial charge in [-0.05, 0) is 37.1 Å². The highest BCUT2D eigenvalue weighted by Crippen LogP contribution is 2.50. The Bertz CT molecular complexity index is 800. The molecule has 3 N–H and O–H groups in total. The third-order valence-electron chi connectivity index (χ3n) is 4.00. The zero-order chi connectivity index (χ0) is 17.9. The molecular formula is C18H18FN3O2S. The molecule has 130 valence electrons. The molecule has 0 bridgehead atoms. The van der Waals surface area contributed by atoms with Crippen molar-refractivity contribution in [3.63, 3.8) is 0 Å². The van der Waals surface area contributed by atoms with E-state index in [9.17, 15) is 14.3 Å². The van der Waals surface area contributed by atoms with Crippen molar-refractivity contribution in [1.29, 1.82) is 0 Å². The maximum atomic E-state index is 13.6. The molecule has 7 heteroatoms. The maximum Gasteiger partial charge on any atom is 0.429 e. The number of thioether (sulfide) groups is 1. The molecule has 0 saturated carbocycles. The number of benzene rings is 2. The van der Waals surface area contributed by atoms with Crippen LogP contribution in [0.5, 0.6) is 0 Å². The Morgan fingerprint density at radius 2 is 2.00 bits per heavy atom. The highest BCUT2D eigenvalue weighted by molar-refractivity contribution is 8.15. The van der Waals surface area contributed by atoms with Gasteiger partial charge in [-0.2, -0.15) is 10.1 Å². The molecule has 0 aliphatic carbocycles. The van der Waals surface area contributed by atoms with Gasteiger partial charge < -0.3 is 10.8 Å². The van der Waals surface area contributed by atoms with Crippen LogP contribution in [0, 0.1) is 5.82 Å². The molecule has 1 unspecified atom stereocenters. The topological polar surface area (TPSA) is 78.9 Å². The fourth-order valence-corrected chi connectivity index (χ4v) is 4.25. The summed E-state index contributed by atoms with van der Waals surface area (Å²) >= 11 is 1.32. The van der Waals surface area contributed by atoms with E-state index < -0.39 is 11.0 Å². The Labute approximate surface area is 149 Å². The quantitative estimate of drug-likeness (QED) is 0.851. The minimum absolute atomic E-state index is 0.387. The number of carbonyl (C=O) groups is 1. The first-order valence-electron chi connectivity index (χ1n) is 7.89. The van der Waals surface area contributed by atoms with Crippen LogP contribution in [-0.2, 0) is 4.87 Å². The van der Waals surface area contributed by atoms with Crippen molar-refractivity contribution in [3.05, 3.63) is 71.5 Å². The van der Waals surface area contributed by atoms with Crippen molar-refractivity contribution in [3.8, 4) is 0 Å². The summed E-state index contributed by atoms with van der Waals surface area (Å²) in [5.41, 5.74) is 7.05. The second-order valence-corrected chi connectivity index (χ2v) is 6.92. The average molecular weight is 359 g/mol. The predicted octanol–water partition coefficient (Wildman–Crippen LogP) is 3.81. The Morgan fingerprint density at radius 3 is 2.64 bits per heavy atom. The number of hydrazone groups is 1. The van der Waals surface area contributed by atoms with Crippen LogP contribution in [0.3, 0.4) is 0 Å². The van der Waals surface area contributed by atoms with Gasteiger partial charge >= 0.3 is 6.09 Å². The molecule has 0 aromatic heterocycles. The van der Waals surface area contributed by atoms with Gasteiger partial charge in [0.1, 0.15) is 15.7 Å². The molecule has 5 nitrogen and oxygen atoms in total. The van der Waals surface area contributed by atoms with E-state index in [1.165, 1.54) is 23.9 Å². The lowest BCUT2D eigenvalue weighted by Gasteiger charge is -2.34. The van der Waals surface area contributed by atoms with E-state index in [4.69, 9.17) is 5.73 Å². The molecule has 2 aromatic rings. The summed E-state index contributed by atoms with van der Waals surface area (Å²) in [7, 11) is 0. The molecule has 0 saturated heterocycles. The first kappa shape index (κ1) is 17.4. The highest BCUT2D eigenvalue weighted by atomic mass is 32.2. The Kier molecular flexibility index (Phi) is 5.06. The predicted molar refractivity (Wildman–Crippen MR) is 96.8 cm³/mol. The SMILES string of the molecule is NCCCC1(c2ccccc2)SC(c2cccc(F)c2)=NN1C(=O)O. The van der Waals surface area contributed by atoms with Crippen molar-refractivity contribution < 1.29 is 14.3 Å². The average Bonchev–Trinajstić information content (AvgIpc) is 3.02. The first-order valence-corrected chi connectivity index (χ1v) is 8.71. The Balaban J connectivity index is 2.07. The number of hydrogen-bond acceptors (Lipinski definition) is 4. The van der Waals surface area contributed by atoms with Gasteiger partial charge in [0.25, 0.3) is 0 Å². The van der Waals surface area contributed by atoms with Crippen molar-refractivity contribution in [2.45, 2.75) is 17.7 Å². The first-order chi connectivity index (χ1) is 12.1. The van der Waals surface area contributed by atoms with Crippen LogP contribution < -0.4 is 5.73 Å². The van der Waals surface area contributed by atoms with Gasteiger partial charge in [0, 0.05) is 5.56 Å². The molecule has 0 fully saturated rings. The lowest BCUT2D eigenvalue weighted by molar-refractivity contribution is 0.114. The van der Waals surface area contributed by atoms with Crippen molar-refractivity contribution in [2.24, 2.45) is 10.8 Å². The van der Waals surface area contributed by atoms with Gasteiger partial charge in [-0.15, -0.1) is 0 Å². The third kappa shape index (κ3) is 3.38. The van der Waals surface area contributed by atoms with Crippen LogP contribution in [0.25, 0.3) is 0 Å². The van der Waals surface area contributed by atoms with Crippen LogP contribution in [0.2, 0.25) is 0 Å². The molecule has 0 radical (unpaired) electrons. The number of halogens is 1.